The van der Waals surface area contributed by atoms with E-state index < -0.39 is 0 Å². The largest absolute Gasteiger partial charge is 0.378 e. The fourth-order valence-electron chi connectivity index (χ4n) is 2.10. The Kier molecular flexibility index (Phi) is 12.2. The van der Waals surface area contributed by atoms with Gasteiger partial charge in [0.25, 0.3) is 0 Å². The van der Waals surface area contributed by atoms with E-state index in [1.807, 2.05) is 23.9 Å². The Labute approximate surface area is 151 Å². The SMILES string of the molecule is CCOC(CCNC(=NC)NCCn1cccn1)C(C)C.I. The summed E-state index contributed by atoms with van der Waals surface area (Å²) in [5.74, 6) is 1.35. The first-order valence-corrected chi connectivity index (χ1v) is 7.70. The van der Waals surface area contributed by atoms with Crippen molar-refractivity contribution in [3.05, 3.63) is 18.5 Å². The lowest BCUT2D eigenvalue weighted by Crippen LogP contribution is -2.40. The third kappa shape index (κ3) is 8.57. The van der Waals surface area contributed by atoms with Crippen molar-refractivity contribution in [2.75, 3.05) is 26.7 Å². The van der Waals surface area contributed by atoms with Crippen LogP contribution in [0.5, 0.6) is 0 Å². The predicted octanol–water partition coefficient (Wildman–Crippen LogP) is 2.12. The molecule has 128 valence electrons. The van der Waals surface area contributed by atoms with Crippen LogP contribution in [0.4, 0.5) is 0 Å². The molecule has 22 heavy (non-hydrogen) atoms. The quantitative estimate of drug-likeness (QED) is 0.363. The van der Waals surface area contributed by atoms with Gasteiger partial charge in [0.15, 0.2) is 5.96 Å². The van der Waals surface area contributed by atoms with Crippen molar-refractivity contribution in [2.24, 2.45) is 10.9 Å². The van der Waals surface area contributed by atoms with Gasteiger partial charge in [0.2, 0.25) is 0 Å². The Morgan fingerprint density at radius 3 is 2.59 bits per heavy atom. The lowest BCUT2D eigenvalue weighted by atomic mass is 10.0. The molecule has 1 aromatic rings. The van der Waals surface area contributed by atoms with Crippen LogP contribution in [-0.2, 0) is 11.3 Å². The smallest absolute Gasteiger partial charge is 0.191 e. The molecule has 0 saturated carbocycles. The highest BCUT2D eigenvalue weighted by molar-refractivity contribution is 14.0. The molecule has 1 atom stereocenters. The Bertz CT molecular complexity index is 395. The summed E-state index contributed by atoms with van der Waals surface area (Å²) >= 11 is 0. The third-order valence-corrected chi connectivity index (χ3v) is 3.26. The first-order valence-electron chi connectivity index (χ1n) is 7.70. The van der Waals surface area contributed by atoms with Crippen molar-refractivity contribution in [2.45, 2.75) is 39.8 Å². The minimum Gasteiger partial charge on any atom is -0.378 e. The fraction of sp³-hybridized carbons (Fsp3) is 0.733. The number of nitrogens with zero attached hydrogens (tertiary/aromatic N) is 3. The van der Waals surface area contributed by atoms with Crippen LogP contribution in [0, 0.1) is 5.92 Å². The number of ether oxygens (including phenoxy) is 1. The van der Waals surface area contributed by atoms with Crippen LogP contribution in [0.3, 0.4) is 0 Å². The highest BCUT2D eigenvalue weighted by atomic mass is 127. The fourth-order valence-corrected chi connectivity index (χ4v) is 2.10. The van der Waals surface area contributed by atoms with Gasteiger partial charge in [-0.05, 0) is 25.3 Å². The van der Waals surface area contributed by atoms with Crippen molar-refractivity contribution in [3.63, 3.8) is 0 Å². The molecule has 0 amide bonds. The van der Waals surface area contributed by atoms with E-state index in [-0.39, 0.29) is 24.0 Å². The van der Waals surface area contributed by atoms with Gasteiger partial charge in [-0.25, -0.2) is 0 Å². The maximum Gasteiger partial charge on any atom is 0.191 e. The molecule has 0 aliphatic carbocycles. The van der Waals surface area contributed by atoms with Crippen LogP contribution in [0.25, 0.3) is 0 Å². The second kappa shape index (κ2) is 12.7. The Morgan fingerprint density at radius 2 is 2.05 bits per heavy atom. The zero-order valence-corrected chi connectivity index (χ0v) is 16.4. The molecule has 2 N–H and O–H groups in total. The highest BCUT2D eigenvalue weighted by Gasteiger charge is 2.12. The topological polar surface area (TPSA) is 63.5 Å². The van der Waals surface area contributed by atoms with Crippen LogP contribution >= 0.6 is 24.0 Å². The number of guanidine groups is 1. The van der Waals surface area contributed by atoms with E-state index in [0.717, 1.165) is 38.6 Å². The predicted molar refractivity (Wildman–Crippen MR) is 102 cm³/mol. The number of halogens is 1. The van der Waals surface area contributed by atoms with Crippen molar-refractivity contribution >= 4 is 29.9 Å². The molecule has 0 aromatic carbocycles. The number of aromatic nitrogens is 2. The average molecular weight is 423 g/mol. The molecule has 0 radical (unpaired) electrons. The van der Waals surface area contributed by atoms with E-state index in [1.165, 1.54) is 0 Å². The summed E-state index contributed by atoms with van der Waals surface area (Å²) in [5, 5.41) is 10.8. The van der Waals surface area contributed by atoms with Crippen molar-refractivity contribution in [1.29, 1.82) is 0 Å². The third-order valence-electron chi connectivity index (χ3n) is 3.26. The van der Waals surface area contributed by atoms with Gasteiger partial charge in [0.05, 0.1) is 12.6 Å². The van der Waals surface area contributed by atoms with Gasteiger partial charge in [-0.1, -0.05) is 13.8 Å². The first kappa shape index (κ1) is 21.2. The molecular formula is C15H30IN5O. The van der Waals surface area contributed by atoms with Gasteiger partial charge >= 0.3 is 0 Å². The molecule has 0 saturated heterocycles. The molecule has 0 bridgehead atoms. The van der Waals surface area contributed by atoms with E-state index >= 15 is 0 Å². The molecule has 1 rings (SSSR count). The summed E-state index contributed by atoms with van der Waals surface area (Å²) < 4.78 is 7.63. The second-order valence-corrected chi connectivity index (χ2v) is 5.22. The average Bonchev–Trinajstić information content (AvgIpc) is 2.97. The van der Waals surface area contributed by atoms with Crippen LogP contribution in [0.15, 0.2) is 23.5 Å². The van der Waals surface area contributed by atoms with Gasteiger partial charge < -0.3 is 15.4 Å². The van der Waals surface area contributed by atoms with Crippen molar-refractivity contribution in [1.82, 2.24) is 20.4 Å². The standard InChI is InChI=1S/C15H29N5O.HI/c1-5-21-14(13(2)3)7-9-17-15(16-4)18-10-12-20-11-6-8-19-20;/h6,8,11,13-14H,5,7,9-10,12H2,1-4H3,(H2,16,17,18);1H. The molecule has 1 unspecified atom stereocenters. The van der Waals surface area contributed by atoms with Crippen LogP contribution in [-0.4, -0.2) is 48.6 Å². The van der Waals surface area contributed by atoms with Gasteiger partial charge in [0, 0.05) is 39.1 Å². The van der Waals surface area contributed by atoms with Gasteiger partial charge in [-0.2, -0.15) is 5.10 Å². The zero-order chi connectivity index (χ0) is 15.5. The normalized spacial score (nSPS) is 12.9. The number of nitrogens with one attached hydrogen (secondary N) is 2. The summed E-state index contributed by atoms with van der Waals surface area (Å²) in [4.78, 5) is 4.22. The maximum absolute atomic E-state index is 5.74. The van der Waals surface area contributed by atoms with E-state index in [0.29, 0.717) is 12.0 Å². The highest BCUT2D eigenvalue weighted by Crippen LogP contribution is 2.09. The van der Waals surface area contributed by atoms with E-state index in [2.05, 4.69) is 34.6 Å². The Balaban J connectivity index is 0.00000441. The minimum absolute atomic E-state index is 0. The minimum atomic E-state index is 0. The van der Waals surface area contributed by atoms with E-state index in [9.17, 15) is 0 Å². The van der Waals surface area contributed by atoms with Gasteiger partial charge in [-0.3, -0.25) is 9.67 Å². The van der Waals surface area contributed by atoms with Crippen molar-refractivity contribution < 1.29 is 4.74 Å². The lowest BCUT2D eigenvalue weighted by Gasteiger charge is -2.21. The Morgan fingerprint density at radius 1 is 1.32 bits per heavy atom. The molecule has 0 aliphatic heterocycles. The Hall–Kier alpha value is -0.830. The molecule has 0 aliphatic rings. The van der Waals surface area contributed by atoms with Crippen LogP contribution in [0.2, 0.25) is 0 Å². The van der Waals surface area contributed by atoms with Gasteiger partial charge in [-0.15, -0.1) is 24.0 Å². The molecule has 1 heterocycles. The molecule has 0 spiro atoms. The van der Waals surface area contributed by atoms with E-state index in [1.54, 1.807) is 13.2 Å². The molecule has 1 aromatic heterocycles. The summed E-state index contributed by atoms with van der Waals surface area (Å²) in [6.07, 6.45) is 5.01. The molecule has 6 nitrogen and oxygen atoms in total. The number of hydrogen-bond donors (Lipinski definition) is 2. The second-order valence-electron chi connectivity index (χ2n) is 5.22. The molecule has 0 fully saturated rings. The number of hydrogen-bond acceptors (Lipinski definition) is 3. The van der Waals surface area contributed by atoms with Crippen molar-refractivity contribution in [3.8, 4) is 0 Å². The molecule has 7 heteroatoms. The number of aliphatic imine (C=N–C) groups is 1. The summed E-state index contributed by atoms with van der Waals surface area (Å²) in [7, 11) is 1.78. The summed E-state index contributed by atoms with van der Waals surface area (Å²) in [6.45, 7) is 9.65. The molecular weight excluding hydrogens is 393 g/mol. The van der Waals surface area contributed by atoms with Crippen LogP contribution < -0.4 is 10.6 Å². The monoisotopic (exact) mass is 423 g/mol. The van der Waals surface area contributed by atoms with E-state index in [4.69, 9.17) is 4.74 Å². The maximum atomic E-state index is 5.74. The summed E-state index contributed by atoms with van der Waals surface area (Å²) in [6, 6.07) is 1.92. The van der Waals surface area contributed by atoms with Crippen LogP contribution in [0.1, 0.15) is 27.2 Å². The lowest BCUT2D eigenvalue weighted by molar-refractivity contribution is 0.0258. The zero-order valence-electron chi connectivity index (χ0n) is 14.1. The first-order chi connectivity index (χ1) is 10.2. The van der Waals surface area contributed by atoms with Gasteiger partial charge in [0.1, 0.15) is 0 Å². The summed E-state index contributed by atoms with van der Waals surface area (Å²) in [5.41, 5.74) is 0. The number of rotatable bonds is 9.